The summed E-state index contributed by atoms with van der Waals surface area (Å²) in [5, 5.41) is 32.9. The van der Waals surface area contributed by atoms with Gasteiger partial charge in [0, 0.05) is 0 Å². The maximum atomic E-state index is 8.36. The minimum Gasteiger partial charge on any atom is -0.386 e. The molecule has 0 amide bonds. The molecular formula is C3H9NO4. The van der Waals surface area contributed by atoms with E-state index in [0.717, 1.165) is 12.4 Å². The largest absolute Gasteiger partial charge is 0.386 e. The molecule has 0 aliphatic carbocycles. The maximum absolute atomic E-state index is 8.36. The third-order valence-electron chi connectivity index (χ3n) is 0.747. The molecule has 0 aliphatic heterocycles. The van der Waals surface area contributed by atoms with E-state index in [1.807, 2.05) is 0 Å². The van der Waals surface area contributed by atoms with Crippen LogP contribution in [0.3, 0.4) is 0 Å². The second-order valence-corrected chi connectivity index (χ2v) is 1.51. The van der Waals surface area contributed by atoms with Gasteiger partial charge in [-0.1, -0.05) is 0 Å². The van der Waals surface area contributed by atoms with Gasteiger partial charge < -0.3 is 20.5 Å². The first kappa shape index (κ1) is 7.80. The number of hydrogen-bond acceptors (Lipinski definition) is 5. The predicted molar refractivity (Wildman–Crippen MR) is 23.8 cm³/mol. The predicted octanol–water partition coefficient (Wildman–Crippen LogP) is -2.02. The van der Waals surface area contributed by atoms with Crippen molar-refractivity contribution in [2.45, 2.75) is 18.9 Å². The van der Waals surface area contributed by atoms with E-state index < -0.39 is 12.0 Å². The first-order valence-corrected chi connectivity index (χ1v) is 2.05. The van der Waals surface area contributed by atoms with Gasteiger partial charge in [-0.25, -0.2) is 0 Å². The molecule has 0 saturated heterocycles. The average Bonchev–Trinajstić information content (AvgIpc) is 1.67. The van der Waals surface area contributed by atoms with Crippen LogP contribution in [0.25, 0.3) is 0 Å². The molecule has 5 heteroatoms. The summed E-state index contributed by atoms with van der Waals surface area (Å²) in [6.45, 7) is 1.11. The molecule has 5 nitrogen and oxygen atoms in total. The van der Waals surface area contributed by atoms with Gasteiger partial charge in [0.05, 0.1) is 0 Å². The average molecular weight is 123 g/mol. The molecule has 8 heavy (non-hydrogen) atoms. The molecule has 0 saturated carbocycles. The zero-order valence-corrected chi connectivity index (χ0v) is 4.37. The van der Waals surface area contributed by atoms with Gasteiger partial charge in [0.2, 0.25) is 0 Å². The molecule has 50 valence electrons. The molecule has 0 rings (SSSR count). The molecule has 0 bridgehead atoms. The lowest BCUT2D eigenvalue weighted by molar-refractivity contribution is -0.284. The van der Waals surface area contributed by atoms with Crippen LogP contribution in [0.4, 0.5) is 0 Å². The van der Waals surface area contributed by atoms with Crippen LogP contribution in [-0.2, 0) is 0 Å². The van der Waals surface area contributed by atoms with Gasteiger partial charge in [-0.05, 0) is 6.92 Å². The monoisotopic (exact) mass is 123 g/mol. The van der Waals surface area contributed by atoms with Crippen LogP contribution >= 0.6 is 0 Å². The smallest absolute Gasteiger partial charge is 0.271 e. The lowest BCUT2D eigenvalue weighted by Gasteiger charge is -2.21. The number of aliphatic hydroxyl groups excluding tert-OH is 1. The first-order valence-electron chi connectivity index (χ1n) is 2.05. The fourth-order valence-corrected chi connectivity index (χ4v) is 0.0934. The Morgan fingerprint density at radius 3 is 1.88 bits per heavy atom. The molecule has 0 aliphatic rings. The van der Waals surface area contributed by atoms with Crippen LogP contribution in [0.15, 0.2) is 0 Å². The van der Waals surface area contributed by atoms with Crippen molar-refractivity contribution < 1.29 is 20.5 Å². The summed E-state index contributed by atoms with van der Waals surface area (Å²) in [7, 11) is 0. The van der Waals surface area contributed by atoms with E-state index in [1.165, 1.54) is 0 Å². The lowest BCUT2D eigenvalue weighted by atomic mass is 10.3. The van der Waals surface area contributed by atoms with E-state index in [9.17, 15) is 0 Å². The Morgan fingerprint density at radius 1 is 1.50 bits per heavy atom. The van der Waals surface area contributed by atoms with Crippen molar-refractivity contribution in [2.24, 2.45) is 0 Å². The Bertz CT molecular complexity index is 71.7. The third kappa shape index (κ3) is 1.73. The van der Waals surface area contributed by atoms with E-state index in [-0.39, 0.29) is 0 Å². The normalized spacial score (nSPS) is 16.1. The molecule has 1 atom stereocenters. The van der Waals surface area contributed by atoms with Crippen molar-refractivity contribution in [3.63, 3.8) is 0 Å². The molecule has 0 heterocycles. The van der Waals surface area contributed by atoms with E-state index in [1.54, 1.807) is 0 Å². The van der Waals surface area contributed by atoms with Gasteiger partial charge in [-0.15, -0.1) is 5.48 Å². The van der Waals surface area contributed by atoms with Crippen molar-refractivity contribution in [3.8, 4) is 0 Å². The maximum Gasteiger partial charge on any atom is 0.271 e. The minimum atomic E-state index is -2.60. The number of rotatable bonds is 2. The number of hydrogen-bond donors (Lipinski definition) is 5. The van der Waals surface area contributed by atoms with E-state index in [2.05, 4.69) is 0 Å². The highest BCUT2D eigenvalue weighted by molar-refractivity contribution is 4.61. The topological polar surface area (TPSA) is 93.0 Å². The number of nitrogens with one attached hydrogen (secondary N) is 1. The van der Waals surface area contributed by atoms with Gasteiger partial charge in [0.25, 0.3) is 5.91 Å². The summed E-state index contributed by atoms with van der Waals surface area (Å²) in [5.74, 6) is -2.60. The summed E-state index contributed by atoms with van der Waals surface area (Å²) in [6.07, 6.45) is -1.44. The Kier molecular flexibility index (Phi) is 2.32. The first-order chi connectivity index (χ1) is 3.50. The molecule has 0 radical (unpaired) electrons. The number of aliphatic hydroxyl groups is 3. The molecule has 0 aromatic rings. The van der Waals surface area contributed by atoms with E-state index >= 15 is 0 Å². The van der Waals surface area contributed by atoms with Gasteiger partial charge in [0.15, 0.2) is 0 Å². The van der Waals surface area contributed by atoms with Crippen LogP contribution in [0, 0.1) is 0 Å². The summed E-state index contributed by atoms with van der Waals surface area (Å²) in [6, 6.07) is 0. The highest BCUT2D eigenvalue weighted by Gasteiger charge is 2.28. The van der Waals surface area contributed by atoms with E-state index in [4.69, 9.17) is 20.5 Å². The Labute approximate surface area is 46.1 Å². The Hall–Kier alpha value is -0.200. The molecular weight excluding hydrogens is 114 g/mol. The van der Waals surface area contributed by atoms with E-state index in [0.29, 0.717) is 0 Å². The highest BCUT2D eigenvalue weighted by atomic mass is 16.6. The van der Waals surface area contributed by atoms with Gasteiger partial charge in [0.1, 0.15) is 6.10 Å². The van der Waals surface area contributed by atoms with Crippen molar-refractivity contribution in [3.05, 3.63) is 0 Å². The Morgan fingerprint density at radius 2 is 1.88 bits per heavy atom. The van der Waals surface area contributed by atoms with Crippen molar-refractivity contribution in [2.75, 3.05) is 0 Å². The quantitative estimate of drug-likeness (QED) is 0.216. The van der Waals surface area contributed by atoms with Crippen LogP contribution in [-0.4, -0.2) is 32.5 Å². The molecule has 0 aromatic heterocycles. The zero-order valence-electron chi connectivity index (χ0n) is 4.37. The van der Waals surface area contributed by atoms with Crippen LogP contribution in [0.2, 0.25) is 0 Å². The summed E-state index contributed by atoms with van der Waals surface area (Å²) in [4.78, 5) is 0. The minimum absolute atomic E-state index is 1.10. The van der Waals surface area contributed by atoms with Crippen molar-refractivity contribution in [1.82, 2.24) is 5.48 Å². The van der Waals surface area contributed by atoms with Crippen molar-refractivity contribution in [1.29, 1.82) is 0 Å². The van der Waals surface area contributed by atoms with Crippen LogP contribution < -0.4 is 5.48 Å². The summed E-state index contributed by atoms with van der Waals surface area (Å²) < 4.78 is 0. The SMILES string of the molecule is CC(O)C(O)(O)NO. The zero-order chi connectivity index (χ0) is 6.78. The highest BCUT2D eigenvalue weighted by Crippen LogP contribution is 1.97. The number of hydroxylamine groups is 1. The standard InChI is InChI=1S/C3H9NO4/c1-2(5)3(6,7)4-8/h2,4-8H,1H3. The van der Waals surface area contributed by atoms with Crippen molar-refractivity contribution >= 4 is 0 Å². The second-order valence-electron chi connectivity index (χ2n) is 1.51. The molecule has 0 fully saturated rings. The van der Waals surface area contributed by atoms with Gasteiger partial charge >= 0.3 is 0 Å². The fourth-order valence-electron chi connectivity index (χ4n) is 0.0934. The third-order valence-corrected chi connectivity index (χ3v) is 0.747. The fraction of sp³-hybridized carbons (Fsp3) is 1.00. The molecule has 5 N–H and O–H groups in total. The van der Waals surface area contributed by atoms with Gasteiger partial charge in [-0.2, -0.15) is 0 Å². The summed E-state index contributed by atoms with van der Waals surface area (Å²) >= 11 is 0. The van der Waals surface area contributed by atoms with Crippen LogP contribution in [0.5, 0.6) is 0 Å². The molecule has 0 spiro atoms. The van der Waals surface area contributed by atoms with Gasteiger partial charge in [-0.3, -0.25) is 0 Å². The molecule has 0 aromatic carbocycles. The Balaban J connectivity index is 3.71. The lowest BCUT2D eigenvalue weighted by Crippen LogP contribution is -2.51. The molecule has 1 unspecified atom stereocenters. The second kappa shape index (κ2) is 2.38. The summed E-state index contributed by atoms with van der Waals surface area (Å²) in [5.41, 5.74) is 1.10. The van der Waals surface area contributed by atoms with Crippen LogP contribution in [0.1, 0.15) is 6.92 Å².